The molecule has 31 heavy (non-hydrogen) atoms. The fourth-order valence-corrected chi connectivity index (χ4v) is 5.24. The van der Waals surface area contributed by atoms with Gasteiger partial charge in [-0.3, -0.25) is 9.69 Å². The van der Waals surface area contributed by atoms with Crippen LogP contribution in [0.4, 0.5) is 5.69 Å². The van der Waals surface area contributed by atoms with E-state index in [9.17, 15) is 9.90 Å². The molecule has 6 nitrogen and oxygen atoms in total. The Morgan fingerprint density at radius 3 is 2.48 bits per heavy atom. The molecule has 1 atom stereocenters. The summed E-state index contributed by atoms with van der Waals surface area (Å²) in [6, 6.07) is 6.15. The molecule has 0 bridgehead atoms. The van der Waals surface area contributed by atoms with Gasteiger partial charge in [-0.05, 0) is 55.7 Å². The number of para-hydroxylation sites is 1. The normalized spacial score (nSPS) is 25.1. The molecule has 2 aliphatic heterocycles. The number of aliphatic hydroxyl groups is 1. The van der Waals surface area contributed by atoms with Gasteiger partial charge in [-0.1, -0.05) is 32.8 Å². The Hall–Kier alpha value is -1.79. The predicted octanol–water partition coefficient (Wildman–Crippen LogP) is 3.71. The zero-order valence-electron chi connectivity index (χ0n) is 19.1. The fourth-order valence-electron chi connectivity index (χ4n) is 5.24. The Morgan fingerprint density at radius 1 is 1.06 bits per heavy atom. The molecule has 172 valence electrons. The number of fused-ring (bicyclic) bond motifs is 1. The highest BCUT2D eigenvalue weighted by atomic mass is 16.7. The minimum absolute atomic E-state index is 0.0213. The van der Waals surface area contributed by atoms with Crippen LogP contribution in [0.5, 0.6) is 11.5 Å². The van der Waals surface area contributed by atoms with E-state index in [1.54, 1.807) is 0 Å². The lowest BCUT2D eigenvalue weighted by Crippen LogP contribution is -2.47. The van der Waals surface area contributed by atoms with Crippen LogP contribution in [-0.2, 0) is 4.79 Å². The molecule has 0 aromatic heterocycles. The molecular weight excluding hydrogens is 392 g/mol. The van der Waals surface area contributed by atoms with Crippen LogP contribution in [0.3, 0.4) is 0 Å². The molecule has 1 aromatic carbocycles. The SMILES string of the molecule is CC(C)[C@@H](O)C(=O)CC1CCC(CCN2CCN(c3cccc4c3OCO4)CC2)CC1. The van der Waals surface area contributed by atoms with Gasteiger partial charge >= 0.3 is 0 Å². The van der Waals surface area contributed by atoms with Crippen molar-refractivity contribution in [1.29, 1.82) is 0 Å². The molecule has 0 unspecified atom stereocenters. The molecule has 6 heteroatoms. The molecule has 4 rings (SSSR count). The van der Waals surface area contributed by atoms with Crippen molar-refractivity contribution in [1.82, 2.24) is 4.90 Å². The van der Waals surface area contributed by atoms with Gasteiger partial charge in [0.1, 0.15) is 6.10 Å². The van der Waals surface area contributed by atoms with E-state index < -0.39 is 6.10 Å². The van der Waals surface area contributed by atoms with Crippen molar-refractivity contribution in [3.63, 3.8) is 0 Å². The highest BCUT2D eigenvalue weighted by Crippen LogP contribution is 2.41. The molecule has 0 amide bonds. The fraction of sp³-hybridized carbons (Fsp3) is 0.720. The van der Waals surface area contributed by atoms with Crippen LogP contribution in [0.1, 0.15) is 52.4 Å². The second-order valence-corrected chi connectivity index (χ2v) is 9.87. The van der Waals surface area contributed by atoms with Crippen molar-refractivity contribution in [3.05, 3.63) is 18.2 Å². The van der Waals surface area contributed by atoms with Crippen molar-refractivity contribution in [2.24, 2.45) is 17.8 Å². The second kappa shape index (κ2) is 10.2. The van der Waals surface area contributed by atoms with Gasteiger partial charge in [-0.15, -0.1) is 0 Å². The molecule has 1 aromatic rings. The zero-order chi connectivity index (χ0) is 21.8. The average Bonchev–Trinajstić information content (AvgIpc) is 3.27. The third-order valence-corrected chi connectivity index (χ3v) is 7.36. The summed E-state index contributed by atoms with van der Waals surface area (Å²) in [7, 11) is 0. The van der Waals surface area contributed by atoms with E-state index >= 15 is 0 Å². The molecule has 2 fully saturated rings. The van der Waals surface area contributed by atoms with Crippen molar-refractivity contribution in [3.8, 4) is 11.5 Å². The van der Waals surface area contributed by atoms with Gasteiger partial charge in [0.2, 0.25) is 6.79 Å². The maximum absolute atomic E-state index is 12.2. The monoisotopic (exact) mass is 430 g/mol. The van der Waals surface area contributed by atoms with Gasteiger partial charge < -0.3 is 19.5 Å². The summed E-state index contributed by atoms with van der Waals surface area (Å²) in [5, 5.41) is 9.97. The number of hydrogen-bond acceptors (Lipinski definition) is 6. The first kappa shape index (κ1) is 22.4. The van der Waals surface area contributed by atoms with Crippen LogP contribution in [0.25, 0.3) is 0 Å². The third kappa shape index (κ3) is 5.53. The summed E-state index contributed by atoms with van der Waals surface area (Å²) in [6.45, 7) is 9.52. The number of piperazine rings is 1. The number of aliphatic hydroxyl groups excluding tert-OH is 1. The van der Waals surface area contributed by atoms with Crippen LogP contribution in [0, 0.1) is 17.8 Å². The van der Waals surface area contributed by atoms with Crippen molar-refractivity contribution >= 4 is 11.5 Å². The lowest BCUT2D eigenvalue weighted by Gasteiger charge is -2.37. The van der Waals surface area contributed by atoms with E-state index in [0.717, 1.165) is 62.1 Å². The summed E-state index contributed by atoms with van der Waals surface area (Å²) in [6.07, 6.45) is 5.75. The molecule has 1 saturated carbocycles. The lowest BCUT2D eigenvalue weighted by atomic mass is 9.77. The van der Waals surface area contributed by atoms with Crippen molar-refractivity contribution < 1.29 is 19.4 Å². The van der Waals surface area contributed by atoms with Crippen LogP contribution >= 0.6 is 0 Å². The molecular formula is C25H38N2O4. The van der Waals surface area contributed by atoms with E-state index in [4.69, 9.17) is 9.47 Å². The maximum atomic E-state index is 12.2. The van der Waals surface area contributed by atoms with Crippen molar-refractivity contribution in [2.75, 3.05) is 44.4 Å². The Labute approximate surface area is 186 Å². The number of ether oxygens (including phenoxy) is 2. The van der Waals surface area contributed by atoms with Gasteiger partial charge in [-0.2, -0.15) is 0 Å². The predicted molar refractivity (Wildman–Crippen MR) is 122 cm³/mol. The molecule has 0 spiro atoms. The lowest BCUT2D eigenvalue weighted by molar-refractivity contribution is -0.130. The Bertz CT molecular complexity index is 737. The summed E-state index contributed by atoms with van der Waals surface area (Å²) < 4.78 is 11.2. The van der Waals surface area contributed by atoms with Crippen LogP contribution in [0.15, 0.2) is 18.2 Å². The van der Waals surface area contributed by atoms with E-state index in [0.29, 0.717) is 19.1 Å². The van der Waals surface area contributed by atoms with E-state index in [1.165, 1.54) is 25.8 Å². The van der Waals surface area contributed by atoms with Gasteiger partial charge in [-0.25, -0.2) is 0 Å². The van der Waals surface area contributed by atoms with Gasteiger partial charge in [0.05, 0.1) is 5.69 Å². The molecule has 1 saturated heterocycles. The zero-order valence-corrected chi connectivity index (χ0v) is 19.1. The quantitative estimate of drug-likeness (QED) is 0.678. The van der Waals surface area contributed by atoms with E-state index in [1.807, 2.05) is 26.0 Å². The van der Waals surface area contributed by atoms with Crippen LogP contribution in [0.2, 0.25) is 0 Å². The Kier molecular flexibility index (Phi) is 7.39. The van der Waals surface area contributed by atoms with Crippen LogP contribution < -0.4 is 14.4 Å². The number of nitrogens with zero attached hydrogens (tertiary/aromatic N) is 2. The topological polar surface area (TPSA) is 62.2 Å². The standard InChI is InChI=1S/C25H38N2O4/c1-18(2)24(29)22(28)16-20-8-6-19(7-9-20)10-11-26-12-14-27(15-13-26)21-4-3-5-23-25(21)31-17-30-23/h3-5,18-20,24,29H,6-17H2,1-2H3/t19?,20?,24-/m1/s1. The number of benzene rings is 1. The number of Topliss-reactive ketones (excluding diaryl/α,β-unsaturated/α-hetero) is 1. The summed E-state index contributed by atoms with van der Waals surface area (Å²) >= 11 is 0. The highest BCUT2D eigenvalue weighted by molar-refractivity contribution is 5.83. The minimum atomic E-state index is -0.785. The van der Waals surface area contributed by atoms with E-state index in [-0.39, 0.29) is 11.7 Å². The largest absolute Gasteiger partial charge is 0.454 e. The van der Waals surface area contributed by atoms with E-state index in [2.05, 4.69) is 15.9 Å². The third-order valence-electron chi connectivity index (χ3n) is 7.36. The first-order valence-corrected chi connectivity index (χ1v) is 12.1. The molecule has 0 radical (unpaired) electrons. The number of carbonyl (C=O) groups is 1. The molecule has 1 aliphatic carbocycles. The van der Waals surface area contributed by atoms with Gasteiger partial charge in [0.25, 0.3) is 0 Å². The molecule has 3 aliphatic rings. The summed E-state index contributed by atoms with van der Waals surface area (Å²) in [4.78, 5) is 17.2. The maximum Gasteiger partial charge on any atom is 0.231 e. The van der Waals surface area contributed by atoms with Gasteiger partial charge in [0, 0.05) is 32.6 Å². The first-order chi connectivity index (χ1) is 15.0. The molecule has 1 N–H and O–H groups in total. The first-order valence-electron chi connectivity index (χ1n) is 12.1. The average molecular weight is 431 g/mol. The number of rotatable bonds is 8. The summed E-state index contributed by atoms with van der Waals surface area (Å²) in [5.74, 6) is 3.07. The Morgan fingerprint density at radius 2 is 1.77 bits per heavy atom. The molecule has 2 heterocycles. The Balaban J connectivity index is 1.15. The minimum Gasteiger partial charge on any atom is -0.454 e. The number of anilines is 1. The highest BCUT2D eigenvalue weighted by Gasteiger charge is 2.28. The number of ketones is 1. The number of carbonyl (C=O) groups excluding carboxylic acids is 1. The van der Waals surface area contributed by atoms with Gasteiger partial charge in [0.15, 0.2) is 17.3 Å². The van der Waals surface area contributed by atoms with Crippen LogP contribution in [-0.4, -0.2) is 61.4 Å². The second-order valence-electron chi connectivity index (χ2n) is 9.87. The summed E-state index contributed by atoms with van der Waals surface area (Å²) in [5.41, 5.74) is 1.16. The number of hydrogen-bond donors (Lipinski definition) is 1. The van der Waals surface area contributed by atoms with Crippen molar-refractivity contribution in [2.45, 2.75) is 58.5 Å². The smallest absolute Gasteiger partial charge is 0.231 e.